The number of benzene rings is 1. The standard InChI is InChI=1S/C11H15N3O3/c1-8-9(7-13-11(15)5-6-12)3-2-4-10(8)14(16)17/h2-4H,5-7,12H2,1H3,(H,13,15). The molecule has 1 rings (SSSR count). The van der Waals surface area contributed by atoms with E-state index in [1.807, 2.05) is 0 Å². The Balaban J connectivity index is 2.75. The molecule has 1 amide bonds. The molecular formula is C11H15N3O3. The van der Waals surface area contributed by atoms with Gasteiger partial charge in [0.05, 0.1) is 4.92 Å². The van der Waals surface area contributed by atoms with Crippen molar-refractivity contribution in [2.24, 2.45) is 5.73 Å². The molecule has 1 aromatic rings. The fourth-order valence-corrected chi connectivity index (χ4v) is 1.47. The molecule has 6 heteroatoms. The first-order valence-corrected chi connectivity index (χ1v) is 5.26. The molecule has 0 radical (unpaired) electrons. The zero-order valence-electron chi connectivity index (χ0n) is 9.60. The van der Waals surface area contributed by atoms with Crippen molar-refractivity contribution >= 4 is 11.6 Å². The third-order valence-corrected chi connectivity index (χ3v) is 2.46. The van der Waals surface area contributed by atoms with Crippen LogP contribution in [-0.4, -0.2) is 17.4 Å². The molecule has 0 heterocycles. The number of nitrogens with zero attached hydrogens (tertiary/aromatic N) is 1. The summed E-state index contributed by atoms with van der Waals surface area (Å²) in [5, 5.41) is 13.4. The summed E-state index contributed by atoms with van der Waals surface area (Å²) in [4.78, 5) is 21.5. The van der Waals surface area contributed by atoms with Crippen molar-refractivity contribution in [1.82, 2.24) is 5.32 Å². The number of carbonyl (C=O) groups is 1. The minimum Gasteiger partial charge on any atom is -0.352 e. The highest BCUT2D eigenvalue weighted by molar-refractivity contribution is 5.76. The van der Waals surface area contributed by atoms with Crippen molar-refractivity contribution in [1.29, 1.82) is 0 Å². The molecule has 6 nitrogen and oxygen atoms in total. The quantitative estimate of drug-likeness (QED) is 0.586. The first kappa shape index (κ1) is 13.1. The molecular weight excluding hydrogens is 222 g/mol. The minimum absolute atomic E-state index is 0.0653. The van der Waals surface area contributed by atoms with Gasteiger partial charge in [-0.1, -0.05) is 12.1 Å². The van der Waals surface area contributed by atoms with Gasteiger partial charge in [0.25, 0.3) is 5.69 Å². The van der Waals surface area contributed by atoms with Crippen LogP contribution in [0.15, 0.2) is 18.2 Å². The zero-order chi connectivity index (χ0) is 12.8. The maximum Gasteiger partial charge on any atom is 0.272 e. The van der Waals surface area contributed by atoms with Crippen LogP contribution in [0.4, 0.5) is 5.69 Å². The highest BCUT2D eigenvalue weighted by Gasteiger charge is 2.13. The van der Waals surface area contributed by atoms with Gasteiger partial charge in [0.1, 0.15) is 0 Å². The van der Waals surface area contributed by atoms with E-state index in [0.29, 0.717) is 12.1 Å². The van der Waals surface area contributed by atoms with E-state index < -0.39 is 4.92 Å². The van der Waals surface area contributed by atoms with E-state index in [9.17, 15) is 14.9 Å². The van der Waals surface area contributed by atoms with Crippen LogP contribution >= 0.6 is 0 Å². The van der Waals surface area contributed by atoms with Crippen LogP contribution in [0.25, 0.3) is 0 Å². The van der Waals surface area contributed by atoms with Gasteiger partial charge < -0.3 is 11.1 Å². The SMILES string of the molecule is Cc1c(CNC(=O)CCN)cccc1[N+](=O)[O-]. The Morgan fingerprint density at radius 1 is 1.53 bits per heavy atom. The van der Waals surface area contributed by atoms with Crippen LogP contribution in [0.1, 0.15) is 17.5 Å². The Morgan fingerprint density at radius 3 is 2.82 bits per heavy atom. The second-order valence-electron chi connectivity index (χ2n) is 3.63. The van der Waals surface area contributed by atoms with E-state index in [-0.39, 0.29) is 24.6 Å². The van der Waals surface area contributed by atoms with Crippen LogP contribution in [0.5, 0.6) is 0 Å². The topological polar surface area (TPSA) is 98.3 Å². The number of amides is 1. The molecule has 1 aromatic carbocycles. The lowest BCUT2D eigenvalue weighted by atomic mass is 10.1. The van der Waals surface area contributed by atoms with Gasteiger partial charge in [-0.2, -0.15) is 0 Å². The van der Waals surface area contributed by atoms with Crippen molar-refractivity contribution in [3.63, 3.8) is 0 Å². The predicted octanol–water partition coefficient (Wildman–Crippen LogP) is 0.868. The lowest BCUT2D eigenvalue weighted by Gasteiger charge is -2.07. The van der Waals surface area contributed by atoms with Gasteiger partial charge in [-0.25, -0.2) is 0 Å². The van der Waals surface area contributed by atoms with E-state index in [1.54, 1.807) is 19.1 Å². The number of nitro groups is 1. The second kappa shape index (κ2) is 5.95. The van der Waals surface area contributed by atoms with Crippen LogP contribution in [0, 0.1) is 17.0 Å². The van der Waals surface area contributed by atoms with E-state index in [4.69, 9.17) is 5.73 Å². The number of rotatable bonds is 5. The molecule has 17 heavy (non-hydrogen) atoms. The van der Waals surface area contributed by atoms with Crippen LogP contribution in [0.2, 0.25) is 0 Å². The maximum absolute atomic E-state index is 11.2. The zero-order valence-corrected chi connectivity index (χ0v) is 9.60. The molecule has 0 aliphatic carbocycles. The van der Waals surface area contributed by atoms with E-state index in [2.05, 4.69) is 5.32 Å². The summed E-state index contributed by atoms with van der Waals surface area (Å²) in [6.45, 7) is 2.24. The average Bonchev–Trinajstić information content (AvgIpc) is 2.27. The molecule has 0 saturated heterocycles. The lowest BCUT2D eigenvalue weighted by Crippen LogP contribution is -2.25. The van der Waals surface area contributed by atoms with Gasteiger partial charge in [-0.3, -0.25) is 14.9 Å². The van der Waals surface area contributed by atoms with Gasteiger partial charge in [0, 0.05) is 31.1 Å². The molecule has 92 valence electrons. The van der Waals surface area contributed by atoms with E-state index in [1.165, 1.54) is 6.07 Å². The molecule has 0 saturated carbocycles. The minimum atomic E-state index is -0.430. The number of nitrogens with one attached hydrogen (secondary N) is 1. The van der Waals surface area contributed by atoms with Crippen molar-refractivity contribution in [3.05, 3.63) is 39.4 Å². The summed E-state index contributed by atoms with van der Waals surface area (Å²) in [6, 6.07) is 4.81. The fourth-order valence-electron chi connectivity index (χ4n) is 1.47. The fraction of sp³-hybridized carbons (Fsp3) is 0.364. The van der Waals surface area contributed by atoms with E-state index >= 15 is 0 Å². The summed E-state index contributed by atoms with van der Waals surface area (Å²) in [5.41, 5.74) is 6.62. The number of hydrogen-bond donors (Lipinski definition) is 2. The Labute approximate surface area is 99.0 Å². The van der Waals surface area contributed by atoms with Crippen molar-refractivity contribution in [3.8, 4) is 0 Å². The average molecular weight is 237 g/mol. The third kappa shape index (κ3) is 3.53. The van der Waals surface area contributed by atoms with Gasteiger partial charge >= 0.3 is 0 Å². The Morgan fingerprint density at radius 2 is 2.24 bits per heavy atom. The summed E-state index contributed by atoms with van der Waals surface area (Å²) < 4.78 is 0. The highest BCUT2D eigenvalue weighted by Crippen LogP contribution is 2.20. The number of nitrogens with two attached hydrogens (primary N) is 1. The molecule has 0 unspecified atom stereocenters. The van der Waals surface area contributed by atoms with Crippen LogP contribution in [-0.2, 0) is 11.3 Å². The maximum atomic E-state index is 11.2. The summed E-state index contributed by atoms with van der Waals surface area (Å²) in [7, 11) is 0. The smallest absolute Gasteiger partial charge is 0.272 e. The largest absolute Gasteiger partial charge is 0.352 e. The first-order chi connectivity index (χ1) is 8.06. The Kier molecular flexibility index (Phi) is 4.59. The molecule has 0 bridgehead atoms. The number of hydrogen-bond acceptors (Lipinski definition) is 4. The summed E-state index contributed by atoms with van der Waals surface area (Å²) in [5.74, 6) is -0.154. The molecule has 0 fully saturated rings. The summed E-state index contributed by atoms with van der Waals surface area (Å²) in [6.07, 6.45) is 0.258. The number of carbonyl (C=O) groups excluding carboxylic acids is 1. The second-order valence-corrected chi connectivity index (χ2v) is 3.63. The molecule has 0 aliphatic heterocycles. The first-order valence-electron chi connectivity index (χ1n) is 5.26. The predicted molar refractivity (Wildman–Crippen MR) is 63.4 cm³/mol. The van der Waals surface area contributed by atoms with Gasteiger partial charge in [0.2, 0.25) is 5.91 Å². The molecule has 0 atom stereocenters. The van der Waals surface area contributed by atoms with Crippen molar-refractivity contribution in [2.45, 2.75) is 19.9 Å². The van der Waals surface area contributed by atoms with Gasteiger partial charge in [-0.15, -0.1) is 0 Å². The molecule has 0 aromatic heterocycles. The number of nitro benzene ring substituents is 1. The van der Waals surface area contributed by atoms with E-state index in [0.717, 1.165) is 5.56 Å². The molecule has 3 N–H and O–H groups in total. The highest BCUT2D eigenvalue weighted by atomic mass is 16.6. The van der Waals surface area contributed by atoms with Crippen molar-refractivity contribution in [2.75, 3.05) is 6.54 Å². The van der Waals surface area contributed by atoms with Crippen LogP contribution in [0.3, 0.4) is 0 Å². The molecule has 0 spiro atoms. The normalized spacial score (nSPS) is 10.0. The molecule has 0 aliphatic rings. The van der Waals surface area contributed by atoms with Crippen molar-refractivity contribution < 1.29 is 9.72 Å². The summed E-state index contributed by atoms with van der Waals surface area (Å²) >= 11 is 0. The van der Waals surface area contributed by atoms with Gasteiger partial charge in [-0.05, 0) is 12.5 Å². The third-order valence-electron chi connectivity index (χ3n) is 2.46. The lowest BCUT2D eigenvalue weighted by molar-refractivity contribution is -0.385. The van der Waals surface area contributed by atoms with Crippen LogP contribution < -0.4 is 11.1 Å². The monoisotopic (exact) mass is 237 g/mol. The van der Waals surface area contributed by atoms with Gasteiger partial charge in [0.15, 0.2) is 0 Å². The Bertz CT molecular complexity index is 432. The Hall–Kier alpha value is -1.95.